The van der Waals surface area contributed by atoms with Crippen molar-refractivity contribution in [1.29, 1.82) is 0 Å². The minimum absolute atomic E-state index is 0.0432. The Morgan fingerprint density at radius 1 is 1.37 bits per heavy atom. The van der Waals surface area contributed by atoms with Gasteiger partial charge in [-0.3, -0.25) is 4.79 Å². The smallest absolute Gasteiger partial charge is 0.219 e. The van der Waals surface area contributed by atoms with Gasteiger partial charge in [0.05, 0.1) is 12.6 Å². The van der Waals surface area contributed by atoms with Crippen LogP contribution in [0.25, 0.3) is 0 Å². The van der Waals surface area contributed by atoms with E-state index in [2.05, 4.69) is 32.9 Å². The number of aliphatic hydroxyl groups is 1. The Balaban J connectivity index is 3.17. The molecule has 3 heteroatoms. The number of aryl methyl sites for hydroxylation is 1. The lowest BCUT2D eigenvalue weighted by Crippen LogP contribution is -2.32. The molecule has 1 aromatic rings. The number of likely N-dealkylation sites (N-methyl/N-ethyl adjacent to an activating group) is 1. The number of carbonyl (C=O) groups is 1. The Bertz CT molecular complexity index is 460. The molecular formula is C16H25NO2. The summed E-state index contributed by atoms with van der Waals surface area (Å²) >= 11 is 0. The van der Waals surface area contributed by atoms with E-state index in [1.165, 1.54) is 12.5 Å². The fraction of sp³-hybridized carbons (Fsp3) is 0.562. The molecule has 0 bridgehead atoms. The number of hydrogen-bond donors (Lipinski definition) is 1. The maximum absolute atomic E-state index is 11.5. The van der Waals surface area contributed by atoms with E-state index >= 15 is 0 Å². The third-order valence-electron chi connectivity index (χ3n) is 3.63. The molecule has 1 N–H and O–H groups in total. The molecule has 1 unspecified atom stereocenters. The molecule has 0 saturated carbocycles. The summed E-state index contributed by atoms with van der Waals surface area (Å²) < 4.78 is 0. The Kier molecular flexibility index (Phi) is 4.75. The molecule has 106 valence electrons. The highest BCUT2D eigenvalue weighted by Gasteiger charge is 2.21. The summed E-state index contributed by atoms with van der Waals surface area (Å²) in [4.78, 5) is 13.1. The molecule has 1 amide bonds. The molecule has 0 radical (unpaired) electrons. The minimum atomic E-state index is -0.272. The summed E-state index contributed by atoms with van der Waals surface area (Å²) in [5, 5.41) is 9.56. The molecule has 0 aliphatic carbocycles. The summed E-state index contributed by atoms with van der Waals surface area (Å²) in [6, 6.07) is 5.98. The van der Waals surface area contributed by atoms with Crippen molar-refractivity contribution >= 4 is 5.91 Å². The Morgan fingerprint density at radius 2 is 1.95 bits per heavy atom. The number of hydrogen-bond acceptors (Lipinski definition) is 2. The molecule has 0 spiro atoms. The van der Waals surface area contributed by atoms with Gasteiger partial charge in [-0.2, -0.15) is 0 Å². The van der Waals surface area contributed by atoms with E-state index < -0.39 is 0 Å². The van der Waals surface area contributed by atoms with Crippen LogP contribution in [0, 0.1) is 6.92 Å². The quantitative estimate of drug-likeness (QED) is 0.911. The number of rotatable bonds is 3. The maximum atomic E-state index is 11.5. The van der Waals surface area contributed by atoms with E-state index in [1.54, 1.807) is 11.9 Å². The van der Waals surface area contributed by atoms with Crippen LogP contribution in [0.2, 0.25) is 0 Å². The van der Waals surface area contributed by atoms with Crippen molar-refractivity contribution in [3.05, 3.63) is 34.9 Å². The second-order valence-electron chi connectivity index (χ2n) is 6.15. The second kappa shape index (κ2) is 5.74. The zero-order chi connectivity index (χ0) is 14.8. The van der Waals surface area contributed by atoms with E-state index in [1.807, 2.05) is 13.0 Å². The first kappa shape index (κ1) is 15.7. The molecule has 19 heavy (non-hydrogen) atoms. The van der Waals surface area contributed by atoms with Crippen molar-refractivity contribution in [3.63, 3.8) is 0 Å². The number of amides is 1. The fourth-order valence-electron chi connectivity index (χ4n) is 2.16. The van der Waals surface area contributed by atoms with Crippen molar-refractivity contribution in [3.8, 4) is 0 Å². The zero-order valence-corrected chi connectivity index (χ0v) is 12.8. The lowest BCUT2D eigenvalue weighted by molar-refractivity contribution is -0.130. The molecule has 0 fully saturated rings. The van der Waals surface area contributed by atoms with Gasteiger partial charge in [0.15, 0.2) is 0 Å². The first-order valence-corrected chi connectivity index (χ1v) is 6.63. The van der Waals surface area contributed by atoms with E-state index in [4.69, 9.17) is 0 Å². The van der Waals surface area contributed by atoms with Gasteiger partial charge in [0.2, 0.25) is 5.91 Å². The summed E-state index contributed by atoms with van der Waals surface area (Å²) in [7, 11) is 1.72. The molecule has 0 aromatic heterocycles. The highest BCUT2D eigenvalue weighted by Crippen LogP contribution is 2.28. The monoisotopic (exact) mass is 263 g/mol. The van der Waals surface area contributed by atoms with Gasteiger partial charge >= 0.3 is 0 Å². The normalized spacial score (nSPS) is 13.2. The molecule has 1 atom stereocenters. The molecule has 0 aliphatic rings. The average Bonchev–Trinajstić information content (AvgIpc) is 2.30. The van der Waals surface area contributed by atoms with Gasteiger partial charge in [-0.25, -0.2) is 0 Å². The summed E-state index contributed by atoms with van der Waals surface area (Å²) in [5.41, 5.74) is 3.48. The van der Waals surface area contributed by atoms with Crippen LogP contribution in [-0.2, 0) is 10.2 Å². The molecule has 1 aromatic carbocycles. The lowest BCUT2D eigenvalue weighted by Gasteiger charge is -2.28. The molecular weight excluding hydrogens is 238 g/mol. The van der Waals surface area contributed by atoms with Crippen LogP contribution in [-0.4, -0.2) is 29.6 Å². The zero-order valence-electron chi connectivity index (χ0n) is 12.8. The number of aliphatic hydroxyl groups excluding tert-OH is 1. The van der Waals surface area contributed by atoms with Crippen molar-refractivity contribution in [1.82, 2.24) is 4.90 Å². The van der Waals surface area contributed by atoms with Gasteiger partial charge in [-0.05, 0) is 29.0 Å². The van der Waals surface area contributed by atoms with E-state index in [9.17, 15) is 9.90 Å². The van der Waals surface area contributed by atoms with Crippen LogP contribution in [0.5, 0.6) is 0 Å². The third kappa shape index (κ3) is 3.57. The summed E-state index contributed by atoms with van der Waals surface area (Å²) in [5.74, 6) is -0.0432. The van der Waals surface area contributed by atoms with E-state index in [0.29, 0.717) is 0 Å². The highest BCUT2D eigenvalue weighted by atomic mass is 16.3. The molecule has 1 rings (SSSR count). The number of carbonyl (C=O) groups excluding carboxylic acids is 1. The Labute approximate surface area is 116 Å². The van der Waals surface area contributed by atoms with Crippen LogP contribution >= 0.6 is 0 Å². The maximum Gasteiger partial charge on any atom is 0.219 e. The molecule has 3 nitrogen and oxygen atoms in total. The van der Waals surface area contributed by atoms with Crippen LogP contribution < -0.4 is 0 Å². The lowest BCUT2D eigenvalue weighted by atomic mass is 9.84. The van der Waals surface area contributed by atoms with Gasteiger partial charge in [0.1, 0.15) is 0 Å². The first-order chi connectivity index (χ1) is 8.68. The fourth-order valence-corrected chi connectivity index (χ4v) is 2.16. The average molecular weight is 263 g/mol. The van der Waals surface area contributed by atoms with Gasteiger partial charge in [-0.1, -0.05) is 39.0 Å². The van der Waals surface area contributed by atoms with Crippen LogP contribution in [0.3, 0.4) is 0 Å². The largest absolute Gasteiger partial charge is 0.394 e. The van der Waals surface area contributed by atoms with E-state index in [0.717, 1.165) is 11.1 Å². The molecule has 0 heterocycles. The molecule has 0 saturated heterocycles. The standard InChI is InChI=1S/C16H25NO2/c1-11-9-13(16(3,4)5)7-8-14(11)15(10-18)17(6)12(2)19/h7-9,15,18H,10H2,1-6H3. The van der Waals surface area contributed by atoms with Crippen molar-refractivity contribution in [2.45, 2.75) is 46.1 Å². The minimum Gasteiger partial charge on any atom is -0.394 e. The summed E-state index contributed by atoms with van der Waals surface area (Å²) in [6.07, 6.45) is 0. The van der Waals surface area contributed by atoms with Gasteiger partial charge in [0, 0.05) is 14.0 Å². The van der Waals surface area contributed by atoms with Crippen LogP contribution in [0.1, 0.15) is 50.4 Å². The van der Waals surface area contributed by atoms with Gasteiger partial charge < -0.3 is 10.0 Å². The Hall–Kier alpha value is -1.35. The first-order valence-electron chi connectivity index (χ1n) is 6.63. The van der Waals surface area contributed by atoms with Crippen LogP contribution in [0.15, 0.2) is 18.2 Å². The highest BCUT2D eigenvalue weighted by molar-refractivity contribution is 5.73. The predicted octanol–water partition coefficient (Wildman–Crippen LogP) is 2.80. The van der Waals surface area contributed by atoms with Crippen molar-refractivity contribution in [2.24, 2.45) is 0 Å². The SMILES string of the molecule is CC(=O)N(C)C(CO)c1ccc(C(C)(C)C)cc1C. The predicted molar refractivity (Wildman–Crippen MR) is 78.1 cm³/mol. The van der Waals surface area contributed by atoms with Gasteiger partial charge in [0.25, 0.3) is 0 Å². The van der Waals surface area contributed by atoms with Crippen LogP contribution in [0.4, 0.5) is 0 Å². The van der Waals surface area contributed by atoms with Gasteiger partial charge in [-0.15, -0.1) is 0 Å². The van der Waals surface area contributed by atoms with E-state index in [-0.39, 0.29) is 24.0 Å². The van der Waals surface area contributed by atoms with Crippen molar-refractivity contribution < 1.29 is 9.90 Å². The number of nitrogens with zero attached hydrogens (tertiary/aromatic N) is 1. The topological polar surface area (TPSA) is 40.5 Å². The summed E-state index contributed by atoms with van der Waals surface area (Å²) in [6.45, 7) is 10.0. The molecule has 0 aliphatic heterocycles. The van der Waals surface area contributed by atoms with Crippen molar-refractivity contribution in [2.75, 3.05) is 13.7 Å². The number of benzene rings is 1. The third-order valence-corrected chi connectivity index (χ3v) is 3.63. The second-order valence-corrected chi connectivity index (χ2v) is 6.15. The Morgan fingerprint density at radius 3 is 2.32 bits per heavy atom.